The van der Waals surface area contributed by atoms with Gasteiger partial charge in [-0.3, -0.25) is 9.78 Å². The van der Waals surface area contributed by atoms with Gasteiger partial charge in [0.15, 0.2) is 0 Å². The predicted octanol–water partition coefficient (Wildman–Crippen LogP) is 2.59. The molecule has 2 unspecified atom stereocenters. The summed E-state index contributed by atoms with van der Waals surface area (Å²) in [6.07, 6.45) is -1.76. The number of nitrogens with one attached hydrogen (secondary N) is 2. The van der Waals surface area contributed by atoms with Gasteiger partial charge in [-0.05, 0) is 31.0 Å². The maximum atomic E-state index is 12.5. The van der Waals surface area contributed by atoms with Crippen molar-refractivity contribution >= 4 is 0 Å². The van der Waals surface area contributed by atoms with E-state index in [4.69, 9.17) is 4.52 Å². The molecule has 0 saturated carbocycles. The number of halogens is 3. The first-order chi connectivity index (χ1) is 10.4. The fraction of sp³-hybridized carbons (Fsp3) is 0.429. The van der Waals surface area contributed by atoms with Crippen LogP contribution in [-0.2, 0) is 6.18 Å². The number of rotatable bonds is 2. The lowest BCUT2D eigenvalue weighted by molar-refractivity contribution is -0.141. The molecule has 0 bridgehead atoms. The average Bonchev–Trinajstić information content (AvgIpc) is 2.93. The molecule has 2 aromatic heterocycles. The van der Waals surface area contributed by atoms with Crippen LogP contribution in [0.15, 0.2) is 33.7 Å². The number of alkyl halides is 3. The quantitative estimate of drug-likeness (QED) is 0.894. The van der Waals surface area contributed by atoms with Gasteiger partial charge in [0, 0.05) is 24.2 Å². The molecule has 0 amide bonds. The number of hydrogen-bond acceptors (Lipinski definition) is 4. The summed E-state index contributed by atoms with van der Waals surface area (Å²) in [6.45, 7) is 0.686. The number of nitrogens with zero attached hydrogens (tertiary/aromatic N) is 1. The first kappa shape index (κ1) is 14.8. The van der Waals surface area contributed by atoms with Crippen LogP contribution in [-0.4, -0.2) is 16.7 Å². The molecule has 0 aliphatic carbocycles. The Bertz CT molecular complexity index is 690. The topological polar surface area (TPSA) is 70.9 Å². The highest BCUT2D eigenvalue weighted by Crippen LogP contribution is 2.34. The van der Waals surface area contributed by atoms with Crippen molar-refractivity contribution in [2.24, 2.45) is 0 Å². The monoisotopic (exact) mass is 313 g/mol. The highest BCUT2D eigenvalue weighted by atomic mass is 19.4. The van der Waals surface area contributed by atoms with Crippen LogP contribution in [0.5, 0.6) is 0 Å². The summed E-state index contributed by atoms with van der Waals surface area (Å²) < 4.78 is 42.7. The second-order valence-electron chi connectivity index (χ2n) is 5.32. The summed E-state index contributed by atoms with van der Waals surface area (Å²) in [7, 11) is 0. The summed E-state index contributed by atoms with van der Waals surface area (Å²) in [6, 6.07) is 3.71. The number of hydrogen-bond donors (Lipinski definition) is 2. The Morgan fingerprint density at radius 2 is 2.14 bits per heavy atom. The molecule has 2 aromatic rings. The van der Waals surface area contributed by atoms with Crippen molar-refractivity contribution in [2.75, 3.05) is 6.54 Å². The van der Waals surface area contributed by atoms with Crippen molar-refractivity contribution in [3.05, 3.63) is 51.8 Å². The molecule has 0 spiro atoms. The number of aromatic amines is 1. The lowest BCUT2D eigenvalue weighted by atomic mass is 9.87. The second kappa shape index (κ2) is 5.60. The fourth-order valence-corrected chi connectivity index (χ4v) is 2.71. The Morgan fingerprint density at radius 3 is 2.73 bits per heavy atom. The minimum absolute atomic E-state index is 0.0486. The molecule has 0 aromatic carbocycles. The third kappa shape index (κ3) is 3.06. The van der Waals surface area contributed by atoms with E-state index in [0.29, 0.717) is 24.3 Å². The third-order valence-corrected chi connectivity index (χ3v) is 3.83. The second-order valence-corrected chi connectivity index (χ2v) is 5.32. The Morgan fingerprint density at radius 1 is 1.32 bits per heavy atom. The van der Waals surface area contributed by atoms with Crippen LogP contribution in [0, 0.1) is 0 Å². The largest absolute Gasteiger partial charge is 0.433 e. The summed E-state index contributed by atoms with van der Waals surface area (Å²) in [4.78, 5) is 14.6. The molecule has 22 heavy (non-hydrogen) atoms. The minimum atomic E-state index is -4.43. The van der Waals surface area contributed by atoms with Gasteiger partial charge >= 0.3 is 6.18 Å². The van der Waals surface area contributed by atoms with Crippen molar-refractivity contribution < 1.29 is 17.7 Å². The van der Waals surface area contributed by atoms with Crippen molar-refractivity contribution in [3.8, 4) is 0 Å². The SMILES string of the molecule is O=c1cc(C2CCNC(c3ccc(C(F)(F)F)nc3)C2)o[nH]1. The zero-order chi connectivity index (χ0) is 15.7. The summed E-state index contributed by atoms with van der Waals surface area (Å²) in [5.74, 6) is 0.629. The third-order valence-electron chi connectivity index (χ3n) is 3.83. The molecule has 0 radical (unpaired) electrons. The molecule has 1 aliphatic heterocycles. The molecule has 5 nitrogen and oxygen atoms in total. The summed E-state index contributed by atoms with van der Waals surface area (Å²) in [5, 5.41) is 5.51. The van der Waals surface area contributed by atoms with Gasteiger partial charge in [-0.15, -0.1) is 0 Å². The van der Waals surface area contributed by atoms with E-state index in [2.05, 4.69) is 15.5 Å². The lowest BCUT2D eigenvalue weighted by Crippen LogP contribution is -2.31. The van der Waals surface area contributed by atoms with E-state index >= 15 is 0 Å². The Balaban J connectivity index is 1.76. The van der Waals surface area contributed by atoms with E-state index < -0.39 is 11.9 Å². The highest BCUT2D eigenvalue weighted by Gasteiger charge is 2.33. The molecule has 2 atom stereocenters. The first-order valence-electron chi connectivity index (χ1n) is 6.88. The standard InChI is InChI=1S/C14H14F3N3O2/c15-14(16,17)12-2-1-9(7-19-12)10-5-8(3-4-18-10)11-6-13(21)20-22-11/h1-2,6-8,10,18H,3-5H2,(H,20,21). The van der Waals surface area contributed by atoms with E-state index in [-0.39, 0.29) is 17.5 Å². The lowest BCUT2D eigenvalue weighted by Gasteiger charge is -2.29. The van der Waals surface area contributed by atoms with E-state index in [1.807, 2.05) is 0 Å². The molecular formula is C14H14F3N3O2. The van der Waals surface area contributed by atoms with Crippen LogP contribution in [0.1, 0.15) is 41.8 Å². The van der Waals surface area contributed by atoms with Crippen LogP contribution in [0.4, 0.5) is 13.2 Å². The van der Waals surface area contributed by atoms with Gasteiger partial charge in [0.1, 0.15) is 11.5 Å². The van der Waals surface area contributed by atoms with Crippen LogP contribution >= 0.6 is 0 Å². The van der Waals surface area contributed by atoms with E-state index in [1.165, 1.54) is 18.3 Å². The van der Waals surface area contributed by atoms with E-state index in [9.17, 15) is 18.0 Å². The molecule has 118 valence electrons. The van der Waals surface area contributed by atoms with Crippen LogP contribution in [0.3, 0.4) is 0 Å². The van der Waals surface area contributed by atoms with Crippen molar-refractivity contribution in [1.82, 2.24) is 15.5 Å². The van der Waals surface area contributed by atoms with Crippen molar-refractivity contribution in [3.63, 3.8) is 0 Å². The van der Waals surface area contributed by atoms with Gasteiger partial charge in [-0.2, -0.15) is 18.3 Å². The predicted molar refractivity (Wildman–Crippen MR) is 71.3 cm³/mol. The molecule has 3 heterocycles. The molecule has 1 aliphatic rings. The molecular weight excluding hydrogens is 299 g/mol. The van der Waals surface area contributed by atoms with Crippen LogP contribution < -0.4 is 10.9 Å². The van der Waals surface area contributed by atoms with Gasteiger partial charge in [0.25, 0.3) is 5.56 Å². The minimum Gasteiger partial charge on any atom is -0.383 e. The Hall–Kier alpha value is -2.09. The normalized spacial score (nSPS) is 22.7. The maximum absolute atomic E-state index is 12.5. The van der Waals surface area contributed by atoms with E-state index in [1.54, 1.807) is 0 Å². The van der Waals surface area contributed by atoms with Gasteiger partial charge in [-0.25, -0.2) is 0 Å². The molecule has 2 N–H and O–H groups in total. The van der Waals surface area contributed by atoms with Gasteiger partial charge in [0.2, 0.25) is 0 Å². The summed E-state index contributed by atoms with van der Waals surface area (Å²) >= 11 is 0. The molecule has 1 saturated heterocycles. The molecule has 3 rings (SSSR count). The van der Waals surface area contributed by atoms with Crippen LogP contribution in [0.25, 0.3) is 0 Å². The fourth-order valence-electron chi connectivity index (χ4n) is 2.71. The van der Waals surface area contributed by atoms with Gasteiger partial charge in [-0.1, -0.05) is 6.07 Å². The van der Waals surface area contributed by atoms with Crippen molar-refractivity contribution in [1.29, 1.82) is 0 Å². The average molecular weight is 313 g/mol. The Kier molecular flexibility index (Phi) is 3.78. The summed E-state index contributed by atoms with van der Waals surface area (Å²) in [5.41, 5.74) is -0.503. The van der Waals surface area contributed by atoms with E-state index in [0.717, 1.165) is 12.5 Å². The number of aromatic nitrogens is 2. The number of piperidine rings is 1. The number of pyridine rings is 1. The molecule has 1 fully saturated rings. The smallest absolute Gasteiger partial charge is 0.383 e. The highest BCUT2D eigenvalue weighted by molar-refractivity contribution is 5.21. The Labute approximate surface area is 123 Å². The van der Waals surface area contributed by atoms with Crippen LogP contribution in [0.2, 0.25) is 0 Å². The zero-order valence-corrected chi connectivity index (χ0v) is 11.5. The van der Waals surface area contributed by atoms with Gasteiger partial charge < -0.3 is 9.84 Å². The zero-order valence-electron chi connectivity index (χ0n) is 11.5. The number of H-pyrrole nitrogens is 1. The van der Waals surface area contributed by atoms with Gasteiger partial charge in [0.05, 0.1) is 0 Å². The molecule has 8 heteroatoms. The maximum Gasteiger partial charge on any atom is 0.433 e. The van der Waals surface area contributed by atoms with Crippen molar-refractivity contribution in [2.45, 2.75) is 31.0 Å². The first-order valence-corrected chi connectivity index (χ1v) is 6.88.